The SMILES string of the molecule is Cc1noc(C)c1S(=O)(=O)N1CCCC(COc2ccc(Cl)cc2)C1. The van der Waals surface area contributed by atoms with Crippen molar-refractivity contribution in [3.05, 3.63) is 40.7 Å². The van der Waals surface area contributed by atoms with Gasteiger partial charge in [0.2, 0.25) is 10.0 Å². The number of nitrogens with zero attached hydrogens (tertiary/aromatic N) is 2. The van der Waals surface area contributed by atoms with Gasteiger partial charge in [-0.2, -0.15) is 4.31 Å². The molecule has 0 saturated carbocycles. The maximum atomic E-state index is 12.9. The molecule has 1 aliphatic heterocycles. The van der Waals surface area contributed by atoms with Gasteiger partial charge in [-0.15, -0.1) is 0 Å². The zero-order valence-electron chi connectivity index (χ0n) is 14.2. The first-order valence-electron chi connectivity index (χ1n) is 8.19. The summed E-state index contributed by atoms with van der Waals surface area (Å²) >= 11 is 5.86. The molecule has 1 unspecified atom stereocenters. The molecule has 3 rings (SSSR count). The van der Waals surface area contributed by atoms with Crippen molar-refractivity contribution in [2.75, 3.05) is 19.7 Å². The van der Waals surface area contributed by atoms with E-state index in [2.05, 4.69) is 5.16 Å². The third kappa shape index (κ3) is 3.99. The summed E-state index contributed by atoms with van der Waals surface area (Å²) in [5, 5.41) is 4.42. The van der Waals surface area contributed by atoms with Crippen molar-refractivity contribution in [2.24, 2.45) is 5.92 Å². The first-order valence-corrected chi connectivity index (χ1v) is 10.0. The molecule has 8 heteroatoms. The highest BCUT2D eigenvalue weighted by Crippen LogP contribution is 2.28. The Morgan fingerprint density at radius 2 is 2.04 bits per heavy atom. The van der Waals surface area contributed by atoms with Gasteiger partial charge < -0.3 is 9.26 Å². The van der Waals surface area contributed by atoms with E-state index in [4.69, 9.17) is 20.9 Å². The molecule has 6 nitrogen and oxygen atoms in total. The van der Waals surface area contributed by atoms with E-state index >= 15 is 0 Å². The Morgan fingerprint density at radius 1 is 1.32 bits per heavy atom. The van der Waals surface area contributed by atoms with Crippen LogP contribution in [0, 0.1) is 19.8 Å². The second-order valence-electron chi connectivity index (χ2n) is 6.29. The quantitative estimate of drug-likeness (QED) is 0.789. The Morgan fingerprint density at radius 3 is 2.68 bits per heavy atom. The molecule has 1 fully saturated rings. The summed E-state index contributed by atoms with van der Waals surface area (Å²) in [6.45, 7) is 4.67. The molecule has 2 aromatic rings. The summed E-state index contributed by atoms with van der Waals surface area (Å²) in [5.41, 5.74) is 0.400. The summed E-state index contributed by atoms with van der Waals surface area (Å²) in [6, 6.07) is 7.16. The standard InChI is InChI=1S/C17H21ClN2O4S/c1-12-17(13(2)24-19-12)25(21,22)20-9-3-4-14(10-20)11-23-16-7-5-15(18)6-8-16/h5-8,14H,3-4,9-11H2,1-2H3. The molecule has 1 aromatic carbocycles. The van der Waals surface area contributed by atoms with Crippen LogP contribution in [0.1, 0.15) is 24.3 Å². The Kier molecular flexibility index (Phi) is 5.36. The highest BCUT2D eigenvalue weighted by atomic mass is 35.5. The number of piperidine rings is 1. The summed E-state index contributed by atoms with van der Waals surface area (Å²) in [7, 11) is -3.60. The molecule has 2 heterocycles. The molecule has 0 radical (unpaired) electrons. The van der Waals surface area contributed by atoms with Crippen LogP contribution in [0.2, 0.25) is 5.02 Å². The second-order valence-corrected chi connectivity index (χ2v) is 8.60. The van der Waals surface area contributed by atoms with E-state index in [1.165, 1.54) is 4.31 Å². The van der Waals surface area contributed by atoms with Crippen molar-refractivity contribution < 1.29 is 17.7 Å². The number of halogens is 1. The van der Waals surface area contributed by atoms with Crippen LogP contribution < -0.4 is 4.74 Å². The Labute approximate surface area is 152 Å². The Balaban J connectivity index is 1.67. The van der Waals surface area contributed by atoms with E-state index in [9.17, 15) is 8.42 Å². The van der Waals surface area contributed by atoms with Crippen LogP contribution in [-0.4, -0.2) is 37.6 Å². The zero-order chi connectivity index (χ0) is 18.0. The fraction of sp³-hybridized carbons (Fsp3) is 0.471. The largest absolute Gasteiger partial charge is 0.493 e. The Hall–Kier alpha value is -1.57. The van der Waals surface area contributed by atoms with Crippen molar-refractivity contribution in [3.8, 4) is 5.75 Å². The first kappa shape index (κ1) is 18.2. The van der Waals surface area contributed by atoms with Gasteiger partial charge in [-0.3, -0.25) is 0 Å². The summed E-state index contributed by atoms with van der Waals surface area (Å²) in [6.07, 6.45) is 1.73. The fourth-order valence-electron chi connectivity index (χ4n) is 3.10. The molecule has 1 saturated heterocycles. The lowest BCUT2D eigenvalue weighted by atomic mass is 10.0. The average molecular weight is 385 g/mol. The highest BCUT2D eigenvalue weighted by Gasteiger charge is 2.34. The van der Waals surface area contributed by atoms with Gasteiger partial charge in [0, 0.05) is 24.0 Å². The predicted molar refractivity (Wildman–Crippen MR) is 94.4 cm³/mol. The number of benzene rings is 1. The molecule has 136 valence electrons. The lowest BCUT2D eigenvalue weighted by molar-refractivity contribution is 0.180. The molecular weight excluding hydrogens is 364 g/mol. The molecule has 0 N–H and O–H groups in total. The van der Waals surface area contributed by atoms with Crippen LogP contribution in [0.4, 0.5) is 0 Å². The number of hydrogen-bond acceptors (Lipinski definition) is 5. The number of ether oxygens (including phenoxy) is 1. The van der Waals surface area contributed by atoms with Gasteiger partial charge in [-0.25, -0.2) is 8.42 Å². The minimum absolute atomic E-state index is 0.139. The zero-order valence-corrected chi connectivity index (χ0v) is 15.8. The molecule has 0 aliphatic carbocycles. The third-order valence-corrected chi connectivity index (χ3v) is 6.71. The van der Waals surface area contributed by atoms with E-state index < -0.39 is 10.0 Å². The van der Waals surface area contributed by atoms with E-state index in [-0.39, 0.29) is 10.8 Å². The molecule has 0 spiro atoms. The van der Waals surface area contributed by atoms with Gasteiger partial charge in [0.05, 0.1) is 6.61 Å². The average Bonchev–Trinajstić information content (AvgIpc) is 2.94. The van der Waals surface area contributed by atoms with Crippen molar-refractivity contribution in [1.29, 1.82) is 0 Å². The number of aromatic nitrogens is 1. The summed E-state index contributed by atoms with van der Waals surface area (Å²) in [4.78, 5) is 0.187. The second kappa shape index (κ2) is 7.35. The predicted octanol–water partition coefficient (Wildman–Crippen LogP) is 3.42. The van der Waals surface area contributed by atoms with Crippen LogP contribution in [-0.2, 0) is 10.0 Å². The topological polar surface area (TPSA) is 72.6 Å². The third-order valence-electron chi connectivity index (χ3n) is 4.35. The smallest absolute Gasteiger partial charge is 0.248 e. The van der Waals surface area contributed by atoms with E-state index in [0.29, 0.717) is 36.2 Å². The van der Waals surface area contributed by atoms with Crippen molar-refractivity contribution in [3.63, 3.8) is 0 Å². The van der Waals surface area contributed by atoms with Crippen molar-refractivity contribution >= 4 is 21.6 Å². The van der Waals surface area contributed by atoms with Crippen LogP contribution >= 0.6 is 11.6 Å². The van der Waals surface area contributed by atoms with Gasteiger partial charge in [-0.05, 0) is 51.0 Å². The van der Waals surface area contributed by atoms with Crippen LogP contribution in [0.15, 0.2) is 33.7 Å². The van der Waals surface area contributed by atoms with Crippen molar-refractivity contribution in [1.82, 2.24) is 9.46 Å². The monoisotopic (exact) mass is 384 g/mol. The van der Waals surface area contributed by atoms with E-state index in [1.807, 2.05) is 12.1 Å². The van der Waals surface area contributed by atoms with Crippen molar-refractivity contribution in [2.45, 2.75) is 31.6 Å². The van der Waals surface area contributed by atoms with Gasteiger partial charge in [0.1, 0.15) is 16.3 Å². The van der Waals surface area contributed by atoms with Crippen LogP contribution in [0.3, 0.4) is 0 Å². The normalized spacial score (nSPS) is 19.1. The van der Waals surface area contributed by atoms with E-state index in [1.54, 1.807) is 26.0 Å². The summed E-state index contributed by atoms with van der Waals surface area (Å²) < 4.78 is 38.2. The van der Waals surface area contributed by atoms with Gasteiger partial charge in [0.15, 0.2) is 5.76 Å². The minimum atomic E-state index is -3.60. The fourth-order valence-corrected chi connectivity index (χ4v) is 5.07. The maximum absolute atomic E-state index is 12.9. The minimum Gasteiger partial charge on any atom is -0.493 e. The number of aryl methyl sites for hydroxylation is 2. The summed E-state index contributed by atoms with van der Waals surface area (Å²) in [5.74, 6) is 1.20. The maximum Gasteiger partial charge on any atom is 0.248 e. The van der Waals surface area contributed by atoms with Gasteiger partial charge in [0.25, 0.3) is 0 Å². The highest BCUT2D eigenvalue weighted by molar-refractivity contribution is 7.89. The van der Waals surface area contributed by atoms with Crippen LogP contribution in [0.25, 0.3) is 0 Å². The van der Waals surface area contributed by atoms with Crippen LogP contribution in [0.5, 0.6) is 5.75 Å². The van der Waals surface area contributed by atoms with Gasteiger partial charge in [-0.1, -0.05) is 16.8 Å². The molecular formula is C17H21ClN2O4S. The Bertz CT molecular complexity index is 813. The van der Waals surface area contributed by atoms with E-state index in [0.717, 1.165) is 18.6 Å². The molecule has 1 aromatic heterocycles. The van der Waals surface area contributed by atoms with Gasteiger partial charge >= 0.3 is 0 Å². The number of hydrogen-bond donors (Lipinski definition) is 0. The molecule has 1 aliphatic rings. The molecule has 1 atom stereocenters. The molecule has 25 heavy (non-hydrogen) atoms. The number of sulfonamides is 1. The molecule has 0 bridgehead atoms. The number of rotatable bonds is 5. The lowest BCUT2D eigenvalue weighted by Gasteiger charge is -2.31. The first-order chi connectivity index (χ1) is 11.9. The molecule has 0 amide bonds. The lowest BCUT2D eigenvalue weighted by Crippen LogP contribution is -2.41.